The number of carboxylic acids is 1. The van der Waals surface area contributed by atoms with Gasteiger partial charge in [-0.1, -0.05) is 12.1 Å². The molecular weight excluding hydrogens is 304 g/mol. The Balaban J connectivity index is 2.75. The molecule has 1 aromatic rings. The molecule has 0 heterocycles. The van der Waals surface area contributed by atoms with Crippen molar-refractivity contribution in [2.45, 2.75) is 17.7 Å². The molecule has 0 spiro atoms. The van der Waals surface area contributed by atoms with E-state index in [0.29, 0.717) is 5.56 Å². The molecule has 0 amide bonds. The van der Waals surface area contributed by atoms with Crippen LogP contribution in [0, 0.1) is 0 Å². The number of benzene rings is 1. The van der Waals surface area contributed by atoms with Crippen molar-refractivity contribution in [2.24, 2.45) is 0 Å². The fourth-order valence-corrected chi connectivity index (χ4v) is 3.78. The first-order valence-electron chi connectivity index (χ1n) is 5.81. The van der Waals surface area contributed by atoms with Crippen molar-refractivity contribution in [2.75, 3.05) is 17.8 Å². The Labute approximate surface area is 118 Å². The van der Waals surface area contributed by atoms with Gasteiger partial charge in [0.05, 0.1) is 22.8 Å². The largest absolute Gasteiger partial charge is 0.481 e. The monoisotopic (exact) mass is 320 g/mol. The second-order valence-electron chi connectivity index (χ2n) is 4.52. The minimum absolute atomic E-state index is 0.0397. The molecule has 0 aliphatic carbocycles. The van der Waals surface area contributed by atoms with Crippen LogP contribution in [0.3, 0.4) is 0 Å². The van der Waals surface area contributed by atoms with Gasteiger partial charge in [-0.3, -0.25) is 4.79 Å². The van der Waals surface area contributed by atoms with E-state index in [1.54, 1.807) is 0 Å². The molecule has 0 saturated heterocycles. The summed E-state index contributed by atoms with van der Waals surface area (Å²) < 4.78 is 45.8. The van der Waals surface area contributed by atoms with Crippen LogP contribution in [-0.2, 0) is 30.9 Å². The van der Waals surface area contributed by atoms with Crippen LogP contribution in [-0.4, -0.2) is 45.7 Å². The van der Waals surface area contributed by atoms with Crippen LogP contribution < -0.4 is 0 Å². The number of carbonyl (C=O) groups is 1. The summed E-state index contributed by atoms with van der Waals surface area (Å²) in [6, 6.07) is 5.57. The van der Waals surface area contributed by atoms with E-state index in [-0.39, 0.29) is 29.2 Å². The molecule has 6 nitrogen and oxygen atoms in total. The maximum atomic E-state index is 11.9. The fourth-order valence-electron chi connectivity index (χ4n) is 1.62. The summed E-state index contributed by atoms with van der Waals surface area (Å²) in [5, 5.41) is 8.61. The van der Waals surface area contributed by atoms with Gasteiger partial charge in [-0.15, -0.1) is 0 Å². The third-order valence-electron chi connectivity index (χ3n) is 2.57. The van der Waals surface area contributed by atoms with Crippen LogP contribution in [0.25, 0.3) is 0 Å². The van der Waals surface area contributed by atoms with Crippen LogP contribution in [0.15, 0.2) is 29.2 Å². The molecule has 1 aromatic carbocycles. The highest BCUT2D eigenvalue weighted by atomic mass is 32.2. The van der Waals surface area contributed by atoms with Gasteiger partial charge in [0.25, 0.3) is 0 Å². The first-order valence-corrected chi connectivity index (χ1v) is 9.53. The molecule has 20 heavy (non-hydrogen) atoms. The number of aliphatic carboxylic acids is 1. The Kier molecular flexibility index (Phi) is 5.29. The predicted molar refractivity (Wildman–Crippen MR) is 74.2 cm³/mol. The van der Waals surface area contributed by atoms with E-state index in [1.807, 2.05) is 0 Å². The lowest BCUT2D eigenvalue weighted by Crippen LogP contribution is -2.12. The summed E-state index contributed by atoms with van der Waals surface area (Å²) in [7, 11) is -6.72. The van der Waals surface area contributed by atoms with Crippen molar-refractivity contribution in [3.8, 4) is 0 Å². The van der Waals surface area contributed by atoms with E-state index in [4.69, 9.17) is 5.11 Å². The van der Waals surface area contributed by atoms with Crippen molar-refractivity contribution in [1.29, 1.82) is 0 Å². The molecular formula is C12H16O6S2. The van der Waals surface area contributed by atoms with Gasteiger partial charge in [-0.25, -0.2) is 16.8 Å². The molecule has 1 N–H and O–H groups in total. The maximum absolute atomic E-state index is 11.9. The van der Waals surface area contributed by atoms with Crippen LogP contribution in [0.5, 0.6) is 0 Å². The van der Waals surface area contributed by atoms with Gasteiger partial charge in [0.15, 0.2) is 9.84 Å². The Hall–Kier alpha value is -1.41. The van der Waals surface area contributed by atoms with Crippen molar-refractivity contribution in [1.82, 2.24) is 0 Å². The molecule has 8 heteroatoms. The van der Waals surface area contributed by atoms with Gasteiger partial charge in [-0.2, -0.15) is 0 Å². The van der Waals surface area contributed by atoms with E-state index in [2.05, 4.69) is 0 Å². The van der Waals surface area contributed by atoms with Crippen molar-refractivity contribution >= 4 is 25.6 Å². The van der Waals surface area contributed by atoms with Crippen molar-refractivity contribution in [3.63, 3.8) is 0 Å². The second kappa shape index (κ2) is 6.36. The molecule has 0 aromatic heterocycles. The van der Waals surface area contributed by atoms with Crippen LogP contribution in [0.4, 0.5) is 0 Å². The highest BCUT2D eigenvalue weighted by molar-refractivity contribution is 7.92. The standard InChI is InChI=1S/C12H16O6S2/c1-19(15,16)7-2-8-20(17,18)11-5-3-10(4-6-11)9-12(13)14/h3-6H,2,7-9H2,1H3,(H,13,14). The quantitative estimate of drug-likeness (QED) is 0.785. The summed E-state index contributed by atoms with van der Waals surface area (Å²) in [6.07, 6.45) is 0.923. The average molecular weight is 320 g/mol. The number of carboxylic acid groups (broad SMARTS) is 1. The van der Waals surface area contributed by atoms with Crippen LogP contribution >= 0.6 is 0 Å². The smallest absolute Gasteiger partial charge is 0.307 e. The van der Waals surface area contributed by atoms with Gasteiger partial charge < -0.3 is 5.11 Å². The summed E-state index contributed by atoms with van der Waals surface area (Å²) in [4.78, 5) is 10.6. The lowest BCUT2D eigenvalue weighted by molar-refractivity contribution is -0.136. The fraction of sp³-hybridized carbons (Fsp3) is 0.417. The van der Waals surface area contributed by atoms with E-state index < -0.39 is 25.6 Å². The van der Waals surface area contributed by atoms with Gasteiger partial charge in [0.1, 0.15) is 9.84 Å². The van der Waals surface area contributed by atoms with Gasteiger partial charge in [0.2, 0.25) is 0 Å². The molecule has 0 bridgehead atoms. The first-order chi connectivity index (χ1) is 9.10. The third-order valence-corrected chi connectivity index (χ3v) is 5.41. The summed E-state index contributed by atoms with van der Waals surface area (Å²) in [6.45, 7) is 0. The molecule has 0 aliphatic rings. The molecule has 0 radical (unpaired) electrons. The summed E-state index contributed by atoms with van der Waals surface area (Å²) in [5.74, 6) is -1.42. The highest BCUT2D eigenvalue weighted by Crippen LogP contribution is 2.14. The van der Waals surface area contributed by atoms with E-state index in [1.165, 1.54) is 24.3 Å². The number of rotatable bonds is 7. The minimum Gasteiger partial charge on any atom is -0.481 e. The summed E-state index contributed by atoms with van der Waals surface area (Å²) >= 11 is 0. The molecule has 0 fully saturated rings. The normalized spacial score (nSPS) is 12.2. The van der Waals surface area contributed by atoms with Crippen LogP contribution in [0.1, 0.15) is 12.0 Å². The Morgan fingerprint density at radius 2 is 1.60 bits per heavy atom. The SMILES string of the molecule is CS(=O)(=O)CCCS(=O)(=O)c1ccc(CC(=O)O)cc1. The first kappa shape index (κ1) is 16.6. The van der Waals surface area contributed by atoms with Gasteiger partial charge in [-0.05, 0) is 24.1 Å². The zero-order chi connectivity index (χ0) is 15.4. The highest BCUT2D eigenvalue weighted by Gasteiger charge is 2.15. The van der Waals surface area contributed by atoms with Gasteiger partial charge >= 0.3 is 5.97 Å². The average Bonchev–Trinajstić information content (AvgIpc) is 2.26. The Bertz CT molecular complexity index is 671. The zero-order valence-electron chi connectivity index (χ0n) is 10.9. The van der Waals surface area contributed by atoms with Crippen molar-refractivity contribution < 1.29 is 26.7 Å². The Morgan fingerprint density at radius 3 is 2.05 bits per heavy atom. The van der Waals surface area contributed by atoms with E-state index in [9.17, 15) is 21.6 Å². The number of hydrogen-bond acceptors (Lipinski definition) is 5. The number of sulfone groups is 2. The van der Waals surface area contributed by atoms with Gasteiger partial charge in [0, 0.05) is 6.26 Å². The molecule has 1 rings (SSSR count). The lowest BCUT2D eigenvalue weighted by Gasteiger charge is -2.05. The summed E-state index contributed by atoms with van der Waals surface area (Å²) in [5.41, 5.74) is 0.507. The zero-order valence-corrected chi connectivity index (χ0v) is 12.6. The van der Waals surface area contributed by atoms with Crippen molar-refractivity contribution in [3.05, 3.63) is 29.8 Å². The molecule has 0 aliphatic heterocycles. The molecule has 0 atom stereocenters. The predicted octanol–water partition coefficient (Wildman–Crippen LogP) is 0.522. The Morgan fingerprint density at radius 1 is 1.05 bits per heavy atom. The minimum atomic E-state index is -3.54. The third kappa shape index (κ3) is 5.70. The van der Waals surface area contributed by atoms with Crippen LogP contribution in [0.2, 0.25) is 0 Å². The van der Waals surface area contributed by atoms with E-state index >= 15 is 0 Å². The lowest BCUT2D eigenvalue weighted by atomic mass is 10.2. The maximum Gasteiger partial charge on any atom is 0.307 e. The topological polar surface area (TPSA) is 106 Å². The second-order valence-corrected chi connectivity index (χ2v) is 8.89. The molecule has 0 saturated carbocycles. The molecule has 112 valence electrons. The number of hydrogen-bond donors (Lipinski definition) is 1. The van der Waals surface area contributed by atoms with E-state index in [0.717, 1.165) is 6.26 Å². The molecule has 0 unspecified atom stereocenters.